The van der Waals surface area contributed by atoms with Crippen LogP contribution >= 0.6 is 0 Å². The molecule has 0 unspecified atom stereocenters. The van der Waals surface area contributed by atoms with Gasteiger partial charge in [0.05, 0.1) is 12.7 Å². The van der Waals surface area contributed by atoms with Crippen LogP contribution in [0.15, 0.2) is 88.1 Å². The third-order valence-corrected chi connectivity index (χ3v) is 5.78. The monoisotopic (exact) mass is 452 g/mol. The van der Waals surface area contributed by atoms with E-state index in [2.05, 4.69) is 5.10 Å². The summed E-state index contributed by atoms with van der Waals surface area (Å²) < 4.78 is 19.2. The average molecular weight is 453 g/mol. The Kier molecular flexibility index (Phi) is 5.64. The molecule has 0 bridgehead atoms. The Balaban J connectivity index is 1.61. The summed E-state index contributed by atoms with van der Waals surface area (Å²) in [5.41, 5.74) is 4.12. The second-order valence-electron chi connectivity index (χ2n) is 8.02. The summed E-state index contributed by atoms with van der Waals surface area (Å²) in [4.78, 5) is 13.3. The van der Waals surface area contributed by atoms with Crippen LogP contribution in [0, 0.1) is 6.92 Å². The molecule has 5 aromatic rings. The summed E-state index contributed by atoms with van der Waals surface area (Å²) in [6.45, 7) is 2.31. The molecule has 2 aromatic heterocycles. The van der Waals surface area contributed by atoms with Crippen molar-refractivity contribution in [2.75, 3.05) is 7.11 Å². The Bertz CT molecular complexity index is 1520. The lowest BCUT2D eigenvalue weighted by atomic mass is 9.98. The van der Waals surface area contributed by atoms with Crippen molar-refractivity contribution in [3.05, 3.63) is 100 Å². The van der Waals surface area contributed by atoms with E-state index < -0.39 is 0 Å². The number of methoxy groups -OCH3 is 1. The molecule has 5 rings (SSSR count). The number of nitrogens with zero attached hydrogens (tertiary/aromatic N) is 2. The highest BCUT2D eigenvalue weighted by molar-refractivity contribution is 6.03. The highest BCUT2D eigenvalue weighted by Gasteiger charge is 2.25. The lowest BCUT2D eigenvalue weighted by molar-refractivity contribution is 0.306. The predicted octanol–water partition coefficient (Wildman–Crippen LogP) is 5.76. The number of para-hydroxylation sites is 1. The zero-order valence-electron chi connectivity index (χ0n) is 19.2. The molecule has 0 amide bonds. The number of furan rings is 1. The molecule has 0 N–H and O–H groups in total. The van der Waals surface area contributed by atoms with Gasteiger partial charge in [0.25, 0.3) is 5.56 Å². The summed E-state index contributed by atoms with van der Waals surface area (Å²) in [7, 11) is 3.19. The molecule has 0 saturated carbocycles. The molecular formula is C28H24N2O4. The van der Waals surface area contributed by atoms with Crippen molar-refractivity contribution in [1.82, 2.24) is 9.78 Å². The van der Waals surface area contributed by atoms with Gasteiger partial charge in [-0.15, -0.1) is 0 Å². The second-order valence-corrected chi connectivity index (χ2v) is 8.02. The first-order valence-electron chi connectivity index (χ1n) is 11.0. The number of fused-ring (bicyclic) bond motifs is 1. The molecule has 6 heteroatoms. The predicted molar refractivity (Wildman–Crippen MR) is 132 cm³/mol. The summed E-state index contributed by atoms with van der Waals surface area (Å²) in [5.74, 6) is 1.79. The molecule has 170 valence electrons. The molecule has 0 saturated heterocycles. The molecule has 0 aliphatic carbocycles. The van der Waals surface area contributed by atoms with Gasteiger partial charge in [0.2, 0.25) is 0 Å². The maximum Gasteiger partial charge on any atom is 0.278 e. The van der Waals surface area contributed by atoms with E-state index in [0.29, 0.717) is 40.5 Å². The molecule has 6 nitrogen and oxygen atoms in total. The molecule has 2 heterocycles. The topological polar surface area (TPSA) is 66.5 Å². The minimum Gasteiger partial charge on any atom is -0.494 e. The van der Waals surface area contributed by atoms with Crippen molar-refractivity contribution in [3.8, 4) is 33.9 Å². The standard InChI is InChI=1S/C28H24N2O4/c1-18-26(32-3)25(28(31)30(2)29-18)24-22-11-7-8-12-23(22)34-27(24)20-13-15-21(16-14-20)33-17-19-9-5-4-6-10-19/h4-16H,17H2,1-3H3. The van der Waals surface area contributed by atoms with Crippen LogP contribution in [0.3, 0.4) is 0 Å². The van der Waals surface area contributed by atoms with Gasteiger partial charge in [-0.05, 0) is 42.8 Å². The summed E-state index contributed by atoms with van der Waals surface area (Å²) in [5, 5.41) is 5.12. The van der Waals surface area contributed by atoms with Crippen LogP contribution in [0.5, 0.6) is 11.5 Å². The third-order valence-electron chi connectivity index (χ3n) is 5.78. The van der Waals surface area contributed by atoms with Gasteiger partial charge in [-0.2, -0.15) is 5.10 Å². The van der Waals surface area contributed by atoms with E-state index in [-0.39, 0.29) is 5.56 Å². The van der Waals surface area contributed by atoms with Gasteiger partial charge >= 0.3 is 0 Å². The van der Waals surface area contributed by atoms with Crippen LogP contribution in [0.25, 0.3) is 33.4 Å². The zero-order valence-corrected chi connectivity index (χ0v) is 19.2. The van der Waals surface area contributed by atoms with Gasteiger partial charge in [0.15, 0.2) is 5.75 Å². The third kappa shape index (κ3) is 3.83. The molecule has 0 fully saturated rings. The van der Waals surface area contributed by atoms with E-state index in [0.717, 1.165) is 22.3 Å². The van der Waals surface area contributed by atoms with E-state index in [1.54, 1.807) is 14.2 Å². The SMILES string of the molecule is COc1c(C)nn(C)c(=O)c1-c1c(-c2ccc(OCc3ccccc3)cc2)oc2ccccc12. The first-order chi connectivity index (χ1) is 16.6. The smallest absolute Gasteiger partial charge is 0.278 e. The van der Waals surface area contributed by atoms with E-state index >= 15 is 0 Å². The van der Waals surface area contributed by atoms with Crippen molar-refractivity contribution in [2.45, 2.75) is 13.5 Å². The maximum atomic E-state index is 13.3. The summed E-state index contributed by atoms with van der Waals surface area (Å²) in [6, 6.07) is 25.4. The van der Waals surface area contributed by atoms with E-state index in [1.807, 2.05) is 85.8 Å². The first-order valence-corrected chi connectivity index (χ1v) is 11.0. The quantitative estimate of drug-likeness (QED) is 0.328. The van der Waals surface area contributed by atoms with Crippen molar-refractivity contribution in [1.29, 1.82) is 0 Å². The Morgan fingerprint density at radius 2 is 1.62 bits per heavy atom. The highest BCUT2D eigenvalue weighted by atomic mass is 16.5. The van der Waals surface area contributed by atoms with Gasteiger partial charge in [-0.1, -0.05) is 48.5 Å². The van der Waals surface area contributed by atoms with E-state index in [1.165, 1.54) is 4.68 Å². The van der Waals surface area contributed by atoms with Crippen molar-refractivity contribution >= 4 is 11.0 Å². The van der Waals surface area contributed by atoms with Crippen LogP contribution in [0.4, 0.5) is 0 Å². The van der Waals surface area contributed by atoms with Gasteiger partial charge in [0, 0.05) is 23.6 Å². The Morgan fingerprint density at radius 1 is 0.912 bits per heavy atom. The summed E-state index contributed by atoms with van der Waals surface area (Å²) in [6.07, 6.45) is 0. The lowest BCUT2D eigenvalue weighted by Gasteiger charge is -2.13. The minimum atomic E-state index is -0.252. The average Bonchev–Trinajstić information content (AvgIpc) is 3.25. The second kappa shape index (κ2) is 8.90. The van der Waals surface area contributed by atoms with Crippen LogP contribution < -0.4 is 15.0 Å². The van der Waals surface area contributed by atoms with Gasteiger partial charge in [-0.3, -0.25) is 4.79 Å². The first kappa shape index (κ1) is 21.5. The van der Waals surface area contributed by atoms with Crippen LogP contribution in [0.2, 0.25) is 0 Å². The Morgan fingerprint density at radius 3 is 2.35 bits per heavy atom. The number of benzene rings is 3. The highest BCUT2D eigenvalue weighted by Crippen LogP contribution is 2.43. The van der Waals surface area contributed by atoms with Crippen LogP contribution in [-0.4, -0.2) is 16.9 Å². The minimum absolute atomic E-state index is 0.252. The molecule has 3 aromatic carbocycles. The largest absolute Gasteiger partial charge is 0.494 e. The van der Waals surface area contributed by atoms with Crippen LogP contribution in [0.1, 0.15) is 11.3 Å². The molecule has 34 heavy (non-hydrogen) atoms. The fourth-order valence-corrected chi connectivity index (χ4v) is 4.17. The molecule has 0 aliphatic rings. The summed E-state index contributed by atoms with van der Waals surface area (Å²) >= 11 is 0. The van der Waals surface area contributed by atoms with E-state index in [9.17, 15) is 4.79 Å². The molecule has 0 aliphatic heterocycles. The normalized spacial score (nSPS) is 11.0. The van der Waals surface area contributed by atoms with Gasteiger partial charge in [-0.25, -0.2) is 4.68 Å². The van der Waals surface area contributed by atoms with Crippen molar-refractivity contribution < 1.29 is 13.9 Å². The fraction of sp³-hybridized carbons (Fsp3) is 0.143. The van der Waals surface area contributed by atoms with Crippen molar-refractivity contribution in [3.63, 3.8) is 0 Å². The van der Waals surface area contributed by atoms with Crippen molar-refractivity contribution in [2.24, 2.45) is 7.05 Å². The number of hydrogen-bond acceptors (Lipinski definition) is 5. The number of aryl methyl sites for hydroxylation is 2. The Labute approximate surface area is 197 Å². The van der Waals surface area contributed by atoms with E-state index in [4.69, 9.17) is 13.9 Å². The lowest BCUT2D eigenvalue weighted by Crippen LogP contribution is -2.23. The Hall–Kier alpha value is -4.32. The number of hydrogen-bond donors (Lipinski definition) is 0. The van der Waals surface area contributed by atoms with Crippen LogP contribution in [-0.2, 0) is 13.7 Å². The van der Waals surface area contributed by atoms with Gasteiger partial charge < -0.3 is 13.9 Å². The number of rotatable bonds is 6. The molecule has 0 radical (unpaired) electrons. The molecular weight excluding hydrogens is 428 g/mol. The number of ether oxygens (including phenoxy) is 2. The maximum absolute atomic E-state index is 13.3. The molecule has 0 atom stereocenters. The molecule has 0 spiro atoms. The zero-order chi connectivity index (χ0) is 23.7. The fourth-order valence-electron chi connectivity index (χ4n) is 4.17. The van der Waals surface area contributed by atoms with Gasteiger partial charge in [0.1, 0.15) is 29.4 Å². The number of aromatic nitrogens is 2.